The summed E-state index contributed by atoms with van der Waals surface area (Å²) < 4.78 is 0. The van der Waals surface area contributed by atoms with Crippen molar-refractivity contribution < 1.29 is 4.79 Å². The van der Waals surface area contributed by atoms with Gasteiger partial charge in [0.25, 0.3) is 0 Å². The molecule has 1 saturated heterocycles. The molecule has 76 valence electrons. The van der Waals surface area contributed by atoms with Gasteiger partial charge in [0.15, 0.2) is 0 Å². The Kier molecular flexibility index (Phi) is 3.54. The first-order valence-electron chi connectivity index (χ1n) is 4.80. The summed E-state index contributed by atoms with van der Waals surface area (Å²) in [4.78, 5) is 12.9. The minimum Gasteiger partial charge on any atom is -0.335 e. The number of nitrogens with one attached hydrogen (secondary N) is 2. The maximum atomic E-state index is 11.4. The lowest BCUT2D eigenvalue weighted by Gasteiger charge is -2.31. The van der Waals surface area contributed by atoms with Gasteiger partial charge in [0.2, 0.25) is 0 Å². The number of rotatable bonds is 1. The number of urea groups is 1. The molecule has 1 heterocycles. The molecule has 1 rings (SSSR count). The lowest BCUT2D eigenvalue weighted by molar-refractivity contribution is 0.202. The Balaban J connectivity index is 2.38. The molecule has 0 radical (unpaired) electrons. The van der Waals surface area contributed by atoms with Crippen molar-refractivity contribution in [1.82, 2.24) is 15.5 Å². The van der Waals surface area contributed by atoms with Crippen molar-refractivity contribution in [3.63, 3.8) is 0 Å². The maximum absolute atomic E-state index is 11.4. The minimum absolute atomic E-state index is 0.0127. The highest BCUT2D eigenvalue weighted by Crippen LogP contribution is 2.10. The van der Waals surface area contributed by atoms with Crippen LogP contribution in [0.1, 0.15) is 13.3 Å². The van der Waals surface area contributed by atoms with Gasteiger partial charge < -0.3 is 15.5 Å². The second-order valence-corrected chi connectivity index (χ2v) is 3.92. The van der Waals surface area contributed by atoms with E-state index in [2.05, 4.69) is 17.6 Å². The molecule has 0 bridgehead atoms. The van der Waals surface area contributed by atoms with Gasteiger partial charge in [0.1, 0.15) is 0 Å². The minimum atomic E-state index is 0.0127. The summed E-state index contributed by atoms with van der Waals surface area (Å²) >= 11 is 0. The highest BCUT2D eigenvalue weighted by molar-refractivity contribution is 5.73. The van der Waals surface area contributed by atoms with E-state index >= 15 is 0 Å². The molecule has 0 aromatic heterocycles. The Labute approximate surface area is 79.7 Å². The summed E-state index contributed by atoms with van der Waals surface area (Å²) in [6.45, 7) is 4.16. The van der Waals surface area contributed by atoms with Crippen LogP contribution >= 0.6 is 0 Å². The average Bonchev–Trinajstić information content (AvgIpc) is 2.08. The van der Waals surface area contributed by atoms with E-state index in [1.54, 1.807) is 19.0 Å². The van der Waals surface area contributed by atoms with E-state index in [4.69, 9.17) is 0 Å². The van der Waals surface area contributed by atoms with E-state index in [1.165, 1.54) is 0 Å². The molecule has 0 aromatic carbocycles. The van der Waals surface area contributed by atoms with Crippen LogP contribution in [0, 0.1) is 5.92 Å². The van der Waals surface area contributed by atoms with Gasteiger partial charge in [-0.25, -0.2) is 4.79 Å². The Morgan fingerprint density at radius 1 is 1.54 bits per heavy atom. The van der Waals surface area contributed by atoms with Crippen LogP contribution in [-0.4, -0.2) is 44.2 Å². The molecule has 4 heteroatoms. The second-order valence-electron chi connectivity index (χ2n) is 3.92. The van der Waals surface area contributed by atoms with Crippen LogP contribution in [0.2, 0.25) is 0 Å². The van der Waals surface area contributed by atoms with Gasteiger partial charge in [0.05, 0.1) is 0 Å². The molecule has 1 aliphatic heterocycles. The molecular formula is C9H19N3O. The van der Waals surface area contributed by atoms with Gasteiger partial charge in [-0.3, -0.25) is 0 Å². The number of hydrogen-bond donors (Lipinski definition) is 2. The Hall–Kier alpha value is -0.770. The lowest BCUT2D eigenvalue weighted by Crippen LogP contribution is -2.50. The number of amides is 2. The molecule has 2 amide bonds. The first-order valence-corrected chi connectivity index (χ1v) is 4.80. The highest BCUT2D eigenvalue weighted by Gasteiger charge is 2.22. The molecular weight excluding hydrogens is 166 g/mol. The van der Waals surface area contributed by atoms with Crippen LogP contribution in [0.25, 0.3) is 0 Å². The molecule has 0 spiro atoms. The standard InChI is InChI=1S/C9H19N3O/c1-7-6-10-5-4-8(7)11-9(13)12(2)3/h7-8,10H,4-6H2,1-3H3,(H,11,13)/t7-,8-/m1/s1. The molecule has 0 aromatic rings. The van der Waals surface area contributed by atoms with Crippen molar-refractivity contribution in [1.29, 1.82) is 0 Å². The van der Waals surface area contributed by atoms with Gasteiger partial charge in [-0.15, -0.1) is 0 Å². The van der Waals surface area contributed by atoms with Crippen molar-refractivity contribution in [3.8, 4) is 0 Å². The van der Waals surface area contributed by atoms with Gasteiger partial charge in [0, 0.05) is 20.1 Å². The van der Waals surface area contributed by atoms with Crippen molar-refractivity contribution in [2.45, 2.75) is 19.4 Å². The number of carbonyl (C=O) groups excluding carboxylic acids is 1. The second kappa shape index (κ2) is 4.46. The average molecular weight is 185 g/mol. The maximum Gasteiger partial charge on any atom is 0.317 e. The summed E-state index contributed by atoms with van der Waals surface area (Å²) in [6.07, 6.45) is 1.03. The number of carbonyl (C=O) groups is 1. The summed E-state index contributed by atoms with van der Waals surface area (Å²) in [7, 11) is 3.53. The van der Waals surface area contributed by atoms with E-state index in [0.29, 0.717) is 12.0 Å². The third kappa shape index (κ3) is 2.88. The first kappa shape index (κ1) is 10.3. The Bertz CT molecular complexity index is 182. The SMILES string of the molecule is C[C@@H]1CNCC[C@H]1NC(=O)N(C)C. The van der Waals surface area contributed by atoms with Crippen LogP contribution in [0.4, 0.5) is 4.79 Å². The Morgan fingerprint density at radius 3 is 2.77 bits per heavy atom. The van der Waals surface area contributed by atoms with Gasteiger partial charge in [-0.05, 0) is 25.4 Å². The van der Waals surface area contributed by atoms with Crippen LogP contribution in [0.5, 0.6) is 0 Å². The largest absolute Gasteiger partial charge is 0.335 e. The molecule has 1 fully saturated rings. The third-order valence-electron chi connectivity index (χ3n) is 2.50. The van der Waals surface area contributed by atoms with E-state index < -0.39 is 0 Å². The summed E-state index contributed by atoms with van der Waals surface area (Å²) in [5, 5.41) is 6.32. The zero-order chi connectivity index (χ0) is 9.84. The zero-order valence-electron chi connectivity index (χ0n) is 8.63. The molecule has 2 N–H and O–H groups in total. The number of piperidine rings is 1. The molecule has 0 saturated carbocycles. The van der Waals surface area contributed by atoms with Gasteiger partial charge in [-0.1, -0.05) is 6.92 Å². The first-order chi connectivity index (χ1) is 6.11. The predicted molar refractivity (Wildman–Crippen MR) is 52.7 cm³/mol. The fraction of sp³-hybridized carbons (Fsp3) is 0.889. The van der Waals surface area contributed by atoms with Crippen molar-refractivity contribution in [2.24, 2.45) is 5.92 Å². The smallest absolute Gasteiger partial charge is 0.317 e. The molecule has 1 aliphatic rings. The summed E-state index contributed by atoms with van der Waals surface area (Å²) in [6, 6.07) is 0.343. The van der Waals surface area contributed by atoms with Crippen LogP contribution < -0.4 is 10.6 Å². The van der Waals surface area contributed by atoms with E-state index in [0.717, 1.165) is 19.5 Å². The predicted octanol–water partition coefficient (Wildman–Crippen LogP) is 0.256. The fourth-order valence-electron chi connectivity index (χ4n) is 1.52. The molecule has 0 aliphatic carbocycles. The Morgan fingerprint density at radius 2 is 2.23 bits per heavy atom. The van der Waals surface area contributed by atoms with Gasteiger partial charge >= 0.3 is 6.03 Å². The van der Waals surface area contributed by atoms with Crippen LogP contribution in [0.3, 0.4) is 0 Å². The van der Waals surface area contributed by atoms with Crippen molar-refractivity contribution in [2.75, 3.05) is 27.2 Å². The quantitative estimate of drug-likeness (QED) is 0.615. The van der Waals surface area contributed by atoms with Gasteiger partial charge in [-0.2, -0.15) is 0 Å². The zero-order valence-corrected chi connectivity index (χ0v) is 8.63. The van der Waals surface area contributed by atoms with Crippen LogP contribution in [0.15, 0.2) is 0 Å². The third-order valence-corrected chi connectivity index (χ3v) is 2.50. The normalized spacial score (nSPS) is 28.2. The molecule has 4 nitrogen and oxygen atoms in total. The summed E-state index contributed by atoms with van der Waals surface area (Å²) in [5.74, 6) is 0.526. The van der Waals surface area contributed by atoms with E-state index in [9.17, 15) is 4.79 Å². The topological polar surface area (TPSA) is 44.4 Å². The van der Waals surface area contributed by atoms with Crippen LogP contribution in [-0.2, 0) is 0 Å². The lowest BCUT2D eigenvalue weighted by atomic mass is 9.95. The monoisotopic (exact) mass is 185 g/mol. The number of nitrogens with zero attached hydrogens (tertiary/aromatic N) is 1. The van der Waals surface area contributed by atoms with E-state index in [-0.39, 0.29) is 6.03 Å². The molecule has 0 unspecified atom stereocenters. The fourth-order valence-corrected chi connectivity index (χ4v) is 1.52. The summed E-state index contributed by atoms with van der Waals surface area (Å²) in [5.41, 5.74) is 0. The molecule has 13 heavy (non-hydrogen) atoms. The van der Waals surface area contributed by atoms with E-state index in [1.807, 2.05) is 0 Å². The van der Waals surface area contributed by atoms with Crippen molar-refractivity contribution in [3.05, 3.63) is 0 Å². The van der Waals surface area contributed by atoms with Crippen molar-refractivity contribution >= 4 is 6.03 Å². The highest BCUT2D eigenvalue weighted by atomic mass is 16.2. The number of hydrogen-bond acceptors (Lipinski definition) is 2. The molecule has 2 atom stereocenters.